The van der Waals surface area contributed by atoms with Gasteiger partial charge in [0, 0.05) is 22.7 Å². The molecule has 0 radical (unpaired) electrons. The minimum absolute atomic E-state index is 0.0423. The van der Waals surface area contributed by atoms with Gasteiger partial charge in [-0.15, -0.1) is 0 Å². The number of rotatable bonds is 3. The fourth-order valence-electron chi connectivity index (χ4n) is 1.57. The number of carbonyl (C=O) groups is 1. The van der Waals surface area contributed by atoms with Crippen LogP contribution >= 0.6 is 23.2 Å². The number of anilines is 1. The number of nitrogens with zero attached hydrogens (tertiary/aromatic N) is 2. The van der Waals surface area contributed by atoms with Crippen LogP contribution in [0, 0.1) is 0 Å². The Morgan fingerprint density at radius 1 is 1.26 bits per heavy atom. The Balaban J connectivity index is 2.34. The summed E-state index contributed by atoms with van der Waals surface area (Å²) in [5, 5.41) is 1.04. The van der Waals surface area contributed by atoms with Gasteiger partial charge in [0.05, 0.1) is 5.56 Å². The van der Waals surface area contributed by atoms with Gasteiger partial charge in [0.2, 0.25) is 0 Å². The standard InChI is InChI=1S/C12H10Cl2N4O/c13-8-2-1-3-9(14)6(8)4-10-17-5-7(12(16)19)11(15)18-10/h1-3,5H,4H2,(H2,16,19)(H2,15,17,18). The minimum Gasteiger partial charge on any atom is -0.383 e. The number of amides is 1. The highest BCUT2D eigenvalue weighted by Crippen LogP contribution is 2.26. The summed E-state index contributed by atoms with van der Waals surface area (Å²) in [6.07, 6.45) is 1.62. The zero-order valence-electron chi connectivity index (χ0n) is 9.73. The monoisotopic (exact) mass is 296 g/mol. The van der Waals surface area contributed by atoms with Gasteiger partial charge in [0.15, 0.2) is 0 Å². The fourth-order valence-corrected chi connectivity index (χ4v) is 2.10. The number of hydrogen-bond donors (Lipinski definition) is 2. The summed E-state index contributed by atoms with van der Waals surface area (Å²) in [7, 11) is 0. The minimum atomic E-state index is -0.667. The average Bonchev–Trinajstić information content (AvgIpc) is 2.33. The van der Waals surface area contributed by atoms with Crippen LogP contribution in [0.4, 0.5) is 5.82 Å². The van der Waals surface area contributed by atoms with Crippen molar-refractivity contribution in [1.82, 2.24) is 9.97 Å². The Hall–Kier alpha value is -1.85. The van der Waals surface area contributed by atoms with Gasteiger partial charge < -0.3 is 11.5 Å². The van der Waals surface area contributed by atoms with E-state index in [1.165, 1.54) is 6.20 Å². The zero-order chi connectivity index (χ0) is 14.0. The summed E-state index contributed by atoms with van der Waals surface area (Å²) in [6.45, 7) is 0. The molecule has 1 aromatic heterocycles. The molecule has 5 nitrogen and oxygen atoms in total. The summed E-state index contributed by atoms with van der Waals surface area (Å²) in [6, 6.07) is 5.20. The van der Waals surface area contributed by atoms with E-state index < -0.39 is 5.91 Å². The Morgan fingerprint density at radius 2 is 1.89 bits per heavy atom. The van der Waals surface area contributed by atoms with Crippen LogP contribution in [-0.4, -0.2) is 15.9 Å². The molecule has 2 aromatic rings. The van der Waals surface area contributed by atoms with Crippen LogP contribution in [-0.2, 0) is 6.42 Å². The lowest BCUT2D eigenvalue weighted by atomic mass is 10.1. The molecule has 1 heterocycles. The van der Waals surface area contributed by atoms with E-state index in [1.807, 2.05) is 0 Å². The van der Waals surface area contributed by atoms with E-state index in [-0.39, 0.29) is 11.4 Å². The number of primary amides is 1. The number of carbonyl (C=O) groups excluding carboxylic acids is 1. The highest BCUT2D eigenvalue weighted by Gasteiger charge is 2.12. The molecule has 0 fully saturated rings. The third-order valence-corrected chi connectivity index (χ3v) is 3.24. The van der Waals surface area contributed by atoms with Crippen molar-refractivity contribution in [3.63, 3.8) is 0 Å². The molecule has 0 saturated carbocycles. The molecule has 7 heteroatoms. The topological polar surface area (TPSA) is 94.9 Å². The van der Waals surface area contributed by atoms with E-state index in [9.17, 15) is 4.79 Å². The van der Waals surface area contributed by atoms with Crippen LogP contribution in [0.5, 0.6) is 0 Å². The number of nitrogens with two attached hydrogens (primary N) is 2. The second kappa shape index (κ2) is 5.42. The lowest BCUT2D eigenvalue weighted by Gasteiger charge is -2.07. The van der Waals surface area contributed by atoms with Gasteiger partial charge in [-0.1, -0.05) is 29.3 Å². The van der Waals surface area contributed by atoms with Gasteiger partial charge in [-0.05, 0) is 17.7 Å². The van der Waals surface area contributed by atoms with E-state index in [0.29, 0.717) is 27.9 Å². The molecule has 0 aliphatic rings. The SMILES string of the molecule is NC(=O)c1cnc(Cc2c(Cl)cccc2Cl)nc1N. The molecular formula is C12H10Cl2N4O. The van der Waals surface area contributed by atoms with Crippen molar-refractivity contribution in [2.75, 3.05) is 5.73 Å². The van der Waals surface area contributed by atoms with Crippen LogP contribution in [0.1, 0.15) is 21.7 Å². The van der Waals surface area contributed by atoms with Crippen molar-refractivity contribution in [2.45, 2.75) is 6.42 Å². The second-order valence-electron chi connectivity index (χ2n) is 3.83. The molecule has 0 saturated heterocycles. The Kier molecular flexibility index (Phi) is 3.87. The van der Waals surface area contributed by atoms with Crippen LogP contribution in [0.3, 0.4) is 0 Å². The molecule has 1 aromatic carbocycles. The normalized spacial score (nSPS) is 10.4. The molecule has 0 atom stereocenters. The summed E-state index contributed by atoms with van der Waals surface area (Å²) >= 11 is 12.1. The number of nitrogen functional groups attached to an aromatic ring is 1. The van der Waals surface area contributed by atoms with Gasteiger partial charge in [-0.25, -0.2) is 9.97 Å². The zero-order valence-corrected chi connectivity index (χ0v) is 11.2. The van der Waals surface area contributed by atoms with Gasteiger partial charge in [0.25, 0.3) is 5.91 Å². The first kappa shape index (κ1) is 13.6. The maximum Gasteiger partial charge on any atom is 0.254 e. The van der Waals surface area contributed by atoms with E-state index >= 15 is 0 Å². The molecule has 0 aliphatic carbocycles. The molecule has 1 amide bonds. The maximum atomic E-state index is 11.0. The smallest absolute Gasteiger partial charge is 0.254 e. The first-order valence-electron chi connectivity index (χ1n) is 5.33. The van der Waals surface area contributed by atoms with Gasteiger partial charge in [0.1, 0.15) is 11.6 Å². The second-order valence-corrected chi connectivity index (χ2v) is 4.64. The van der Waals surface area contributed by atoms with Crippen molar-refractivity contribution in [2.24, 2.45) is 5.73 Å². The molecule has 0 bridgehead atoms. The van der Waals surface area contributed by atoms with E-state index in [1.54, 1.807) is 18.2 Å². The Bertz CT molecular complexity index is 625. The number of benzene rings is 1. The Labute approximate surface area is 119 Å². The summed E-state index contributed by atoms with van der Waals surface area (Å²) in [5.74, 6) is -0.210. The molecule has 0 aliphatic heterocycles. The van der Waals surface area contributed by atoms with Crippen LogP contribution < -0.4 is 11.5 Å². The molecule has 98 valence electrons. The Morgan fingerprint density at radius 3 is 2.42 bits per heavy atom. The van der Waals surface area contributed by atoms with E-state index in [4.69, 9.17) is 34.7 Å². The first-order chi connectivity index (χ1) is 8.99. The lowest BCUT2D eigenvalue weighted by molar-refractivity contribution is 0.100. The lowest BCUT2D eigenvalue weighted by Crippen LogP contribution is -2.16. The molecule has 4 N–H and O–H groups in total. The molecule has 2 rings (SSSR count). The van der Waals surface area contributed by atoms with Crippen molar-refractivity contribution in [1.29, 1.82) is 0 Å². The number of aromatic nitrogens is 2. The molecule has 0 unspecified atom stereocenters. The first-order valence-corrected chi connectivity index (χ1v) is 6.08. The maximum absolute atomic E-state index is 11.0. The highest BCUT2D eigenvalue weighted by molar-refractivity contribution is 6.36. The van der Waals surface area contributed by atoms with Crippen molar-refractivity contribution >= 4 is 34.9 Å². The van der Waals surface area contributed by atoms with Crippen LogP contribution in [0.15, 0.2) is 24.4 Å². The summed E-state index contributed by atoms with van der Waals surface area (Å²) in [5.41, 5.74) is 11.6. The van der Waals surface area contributed by atoms with E-state index in [2.05, 4.69) is 9.97 Å². The fraction of sp³-hybridized carbons (Fsp3) is 0.0833. The van der Waals surface area contributed by atoms with Gasteiger partial charge in [-0.3, -0.25) is 4.79 Å². The third-order valence-electron chi connectivity index (χ3n) is 2.53. The van der Waals surface area contributed by atoms with Crippen LogP contribution in [0.25, 0.3) is 0 Å². The quantitative estimate of drug-likeness (QED) is 0.906. The molecule has 19 heavy (non-hydrogen) atoms. The highest BCUT2D eigenvalue weighted by atomic mass is 35.5. The predicted molar refractivity (Wildman–Crippen MR) is 74.2 cm³/mol. The summed E-state index contributed by atoms with van der Waals surface area (Å²) in [4.78, 5) is 19.1. The summed E-state index contributed by atoms with van der Waals surface area (Å²) < 4.78 is 0. The van der Waals surface area contributed by atoms with Gasteiger partial charge >= 0.3 is 0 Å². The van der Waals surface area contributed by atoms with Crippen LogP contribution in [0.2, 0.25) is 10.0 Å². The van der Waals surface area contributed by atoms with Crippen molar-refractivity contribution in [3.05, 3.63) is 51.4 Å². The average molecular weight is 297 g/mol. The number of halogens is 2. The third kappa shape index (κ3) is 2.94. The molecule has 0 spiro atoms. The van der Waals surface area contributed by atoms with Gasteiger partial charge in [-0.2, -0.15) is 0 Å². The predicted octanol–water partition coefficient (Wildman–Crippen LogP) is 2.06. The van der Waals surface area contributed by atoms with E-state index in [0.717, 1.165) is 0 Å². The molecular weight excluding hydrogens is 287 g/mol. The number of hydrogen-bond acceptors (Lipinski definition) is 4. The van der Waals surface area contributed by atoms with Crippen molar-refractivity contribution in [3.8, 4) is 0 Å². The van der Waals surface area contributed by atoms with Crippen molar-refractivity contribution < 1.29 is 4.79 Å². The largest absolute Gasteiger partial charge is 0.383 e.